The number of hydrogen-bond acceptors (Lipinski definition) is 1. The average molecular weight is 279 g/mol. The Morgan fingerprint density at radius 3 is 2.63 bits per heavy atom. The van der Waals surface area contributed by atoms with E-state index in [1.807, 2.05) is 0 Å². The van der Waals surface area contributed by atoms with Crippen LogP contribution >= 0.6 is 11.6 Å². The summed E-state index contributed by atoms with van der Waals surface area (Å²) in [5.74, 6) is -0.335. The van der Waals surface area contributed by atoms with Gasteiger partial charge in [-0.1, -0.05) is 17.7 Å². The third kappa shape index (κ3) is 3.69. The zero-order valence-corrected chi connectivity index (χ0v) is 11.0. The maximum absolute atomic E-state index is 12.9. The fourth-order valence-corrected chi connectivity index (χ4v) is 1.81. The molecule has 0 bridgehead atoms. The lowest BCUT2D eigenvalue weighted by atomic mass is 10.2. The van der Waals surface area contributed by atoms with Gasteiger partial charge in [0.15, 0.2) is 0 Å². The van der Waals surface area contributed by atoms with Crippen molar-refractivity contribution in [2.45, 2.75) is 6.92 Å². The van der Waals surface area contributed by atoms with Gasteiger partial charge in [-0.3, -0.25) is 0 Å². The monoisotopic (exact) mass is 278 g/mol. The van der Waals surface area contributed by atoms with Crippen LogP contribution in [-0.4, -0.2) is 6.03 Å². The minimum atomic E-state index is -0.406. The molecule has 0 aliphatic carbocycles. The molecule has 0 spiro atoms. The third-order valence-corrected chi connectivity index (χ3v) is 2.75. The van der Waals surface area contributed by atoms with Crippen molar-refractivity contribution in [3.8, 4) is 0 Å². The maximum atomic E-state index is 12.9. The number of rotatable bonds is 2. The molecular weight excluding hydrogens is 267 g/mol. The molecule has 0 aromatic heterocycles. The molecule has 0 saturated carbocycles. The van der Waals surface area contributed by atoms with Crippen LogP contribution in [0, 0.1) is 12.7 Å². The largest absolute Gasteiger partial charge is 0.323 e. The number of benzene rings is 2. The second kappa shape index (κ2) is 5.71. The minimum Gasteiger partial charge on any atom is -0.308 e. The number of anilines is 2. The van der Waals surface area contributed by atoms with Crippen LogP contribution in [0.25, 0.3) is 0 Å². The lowest BCUT2D eigenvalue weighted by Crippen LogP contribution is -2.19. The molecule has 98 valence electrons. The highest BCUT2D eigenvalue weighted by Crippen LogP contribution is 2.17. The van der Waals surface area contributed by atoms with Gasteiger partial charge in [0.2, 0.25) is 0 Å². The van der Waals surface area contributed by atoms with E-state index < -0.39 is 6.03 Å². The van der Waals surface area contributed by atoms with Crippen LogP contribution in [0.4, 0.5) is 20.6 Å². The zero-order chi connectivity index (χ0) is 13.8. The Labute approximate surface area is 115 Å². The van der Waals surface area contributed by atoms with Crippen molar-refractivity contribution in [3.05, 3.63) is 58.9 Å². The van der Waals surface area contributed by atoms with E-state index in [1.54, 1.807) is 31.2 Å². The lowest BCUT2D eigenvalue weighted by molar-refractivity contribution is 0.262. The molecule has 0 heterocycles. The predicted octanol–water partition coefficient (Wildman–Crippen LogP) is 4.43. The summed E-state index contributed by atoms with van der Waals surface area (Å²) >= 11 is 5.82. The Bertz CT molecular complexity index is 616. The summed E-state index contributed by atoms with van der Waals surface area (Å²) in [7, 11) is 0. The second-order valence-corrected chi connectivity index (χ2v) is 4.49. The smallest absolute Gasteiger partial charge is 0.308 e. The minimum absolute atomic E-state index is 0.335. The van der Waals surface area contributed by atoms with E-state index in [4.69, 9.17) is 11.6 Å². The number of carbonyl (C=O) groups is 1. The lowest BCUT2D eigenvalue weighted by Gasteiger charge is -2.10. The average Bonchev–Trinajstić information content (AvgIpc) is 2.33. The summed E-state index contributed by atoms with van der Waals surface area (Å²) in [6, 6.07) is 10.6. The van der Waals surface area contributed by atoms with Crippen LogP contribution in [0.5, 0.6) is 0 Å². The number of carbonyl (C=O) groups excluding carboxylic acids is 1. The molecule has 0 aliphatic heterocycles. The maximum Gasteiger partial charge on any atom is 0.323 e. The molecule has 0 atom stereocenters. The molecule has 2 amide bonds. The van der Waals surface area contributed by atoms with Gasteiger partial charge >= 0.3 is 6.03 Å². The van der Waals surface area contributed by atoms with Gasteiger partial charge in [0.25, 0.3) is 0 Å². The number of aryl methyl sites for hydroxylation is 1. The molecule has 5 heteroatoms. The van der Waals surface area contributed by atoms with Crippen molar-refractivity contribution >= 4 is 29.0 Å². The highest BCUT2D eigenvalue weighted by atomic mass is 35.5. The van der Waals surface area contributed by atoms with Crippen LogP contribution in [0.15, 0.2) is 42.5 Å². The molecule has 0 unspecified atom stereocenters. The van der Waals surface area contributed by atoms with Crippen LogP contribution < -0.4 is 10.6 Å². The normalized spacial score (nSPS) is 10.1. The van der Waals surface area contributed by atoms with Gasteiger partial charge in [-0.15, -0.1) is 0 Å². The van der Waals surface area contributed by atoms with Crippen LogP contribution in [-0.2, 0) is 0 Å². The van der Waals surface area contributed by atoms with Crippen molar-refractivity contribution < 1.29 is 9.18 Å². The molecule has 2 aromatic rings. The number of nitrogens with one attached hydrogen (secondary N) is 2. The molecule has 2 N–H and O–H groups in total. The van der Waals surface area contributed by atoms with Gasteiger partial charge in [-0.25, -0.2) is 9.18 Å². The summed E-state index contributed by atoms with van der Waals surface area (Å²) < 4.78 is 12.9. The molecule has 2 rings (SSSR count). The second-order valence-electron chi connectivity index (χ2n) is 4.05. The Morgan fingerprint density at radius 1 is 1.16 bits per heavy atom. The fraction of sp³-hybridized carbons (Fsp3) is 0.0714. The summed E-state index contributed by atoms with van der Waals surface area (Å²) in [6.07, 6.45) is 0. The topological polar surface area (TPSA) is 41.1 Å². The molecule has 19 heavy (non-hydrogen) atoms. The Hall–Kier alpha value is -2.07. The van der Waals surface area contributed by atoms with Gasteiger partial charge in [0.1, 0.15) is 5.82 Å². The van der Waals surface area contributed by atoms with Crippen molar-refractivity contribution in [3.63, 3.8) is 0 Å². The number of halogens is 2. The number of urea groups is 1. The van der Waals surface area contributed by atoms with Crippen LogP contribution in [0.3, 0.4) is 0 Å². The van der Waals surface area contributed by atoms with E-state index in [0.717, 1.165) is 0 Å². The first-order valence-corrected chi connectivity index (χ1v) is 6.02. The SMILES string of the molecule is Cc1cc(F)ccc1NC(=O)Nc1cccc(Cl)c1. The van der Waals surface area contributed by atoms with Crippen molar-refractivity contribution in [2.75, 3.05) is 10.6 Å². The van der Waals surface area contributed by atoms with Gasteiger partial charge in [0.05, 0.1) is 0 Å². The van der Waals surface area contributed by atoms with Gasteiger partial charge in [0, 0.05) is 16.4 Å². The third-order valence-electron chi connectivity index (χ3n) is 2.52. The molecule has 0 fully saturated rings. The number of hydrogen-bond donors (Lipinski definition) is 2. The highest BCUT2D eigenvalue weighted by molar-refractivity contribution is 6.30. The Kier molecular flexibility index (Phi) is 4.02. The van der Waals surface area contributed by atoms with Crippen LogP contribution in [0.1, 0.15) is 5.56 Å². The molecule has 0 saturated heterocycles. The van der Waals surface area contributed by atoms with E-state index in [0.29, 0.717) is 22.0 Å². The zero-order valence-electron chi connectivity index (χ0n) is 10.2. The van der Waals surface area contributed by atoms with Crippen molar-refractivity contribution in [1.29, 1.82) is 0 Å². The summed E-state index contributed by atoms with van der Waals surface area (Å²) in [6.45, 7) is 1.72. The van der Waals surface area contributed by atoms with E-state index >= 15 is 0 Å². The van der Waals surface area contributed by atoms with Crippen molar-refractivity contribution in [1.82, 2.24) is 0 Å². The predicted molar refractivity (Wildman–Crippen MR) is 75.2 cm³/mol. The number of amides is 2. The van der Waals surface area contributed by atoms with E-state index in [1.165, 1.54) is 18.2 Å². The fourth-order valence-electron chi connectivity index (χ4n) is 1.62. The quantitative estimate of drug-likeness (QED) is 0.838. The first kappa shape index (κ1) is 13.4. The molecule has 3 nitrogen and oxygen atoms in total. The summed E-state index contributed by atoms with van der Waals surface area (Å²) in [5, 5.41) is 5.83. The van der Waals surface area contributed by atoms with E-state index in [9.17, 15) is 9.18 Å². The van der Waals surface area contributed by atoms with Gasteiger partial charge in [-0.2, -0.15) is 0 Å². The summed E-state index contributed by atoms with van der Waals surface area (Å²) in [4.78, 5) is 11.8. The summed E-state index contributed by atoms with van der Waals surface area (Å²) in [5.41, 5.74) is 1.80. The van der Waals surface area contributed by atoms with E-state index in [2.05, 4.69) is 10.6 Å². The van der Waals surface area contributed by atoms with Crippen LogP contribution in [0.2, 0.25) is 5.02 Å². The Morgan fingerprint density at radius 2 is 1.95 bits per heavy atom. The van der Waals surface area contributed by atoms with E-state index in [-0.39, 0.29) is 5.82 Å². The first-order chi connectivity index (χ1) is 9.04. The molecule has 2 aromatic carbocycles. The van der Waals surface area contributed by atoms with Gasteiger partial charge in [-0.05, 0) is 48.9 Å². The van der Waals surface area contributed by atoms with Gasteiger partial charge < -0.3 is 10.6 Å². The molecule has 0 aliphatic rings. The highest BCUT2D eigenvalue weighted by Gasteiger charge is 2.05. The standard InChI is InChI=1S/C14H12ClFN2O/c1-9-7-11(16)5-6-13(9)18-14(19)17-12-4-2-3-10(15)8-12/h2-8H,1H3,(H2,17,18,19). The first-order valence-electron chi connectivity index (χ1n) is 5.64. The van der Waals surface area contributed by atoms with Crippen molar-refractivity contribution in [2.24, 2.45) is 0 Å². The Balaban J connectivity index is 2.05. The molecule has 0 radical (unpaired) electrons. The molecular formula is C14H12ClFN2O.